The van der Waals surface area contributed by atoms with Gasteiger partial charge in [0.25, 0.3) is 0 Å². The van der Waals surface area contributed by atoms with Crippen LogP contribution in [0.15, 0.2) is 41.5 Å². The number of ether oxygens (including phenoxy) is 2. The molecule has 0 aromatic heterocycles. The van der Waals surface area contributed by atoms with E-state index in [-0.39, 0.29) is 34.3 Å². The first kappa shape index (κ1) is 32.2. The van der Waals surface area contributed by atoms with Crippen LogP contribution in [0.3, 0.4) is 0 Å². The fourth-order valence-electron chi connectivity index (χ4n) is 6.59. The quantitative estimate of drug-likeness (QED) is 0.225. The van der Waals surface area contributed by atoms with Crippen molar-refractivity contribution in [2.45, 2.75) is 154 Å². The summed E-state index contributed by atoms with van der Waals surface area (Å²) in [7, 11) is -4.16. The summed E-state index contributed by atoms with van der Waals surface area (Å²) in [5.41, 5.74) is 3.20. The minimum Gasteiger partial charge on any atom is -0.411 e. The Bertz CT molecular complexity index is 1100. The number of hydrogen-bond acceptors (Lipinski definition) is 4. The number of hydrogen-bond donors (Lipinski definition) is 0. The van der Waals surface area contributed by atoms with E-state index in [9.17, 15) is 0 Å². The first-order chi connectivity index (χ1) is 18.2. The van der Waals surface area contributed by atoms with Crippen LogP contribution in [0, 0.1) is 11.8 Å². The van der Waals surface area contributed by atoms with E-state index < -0.39 is 27.8 Å². The third kappa shape index (κ3) is 5.39. The van der Waals surface area contributed by atoms with Crippen molar-refractivity contribution in [3.8, 4) is 0 Å². The Kier molecular flexibility index (Phi) is 8.40. The highest BCUT2D eigenvalue weighted by Crippen LogP contribution is 2.63. The lowest BCUT2D eigenvalue weighted by atomic mass is 9.74. The Morgan fingerprint density at radius 1 is 0.925 bits per heavy atom. The summed E-state index contributed by atoms with van der Waals surface area (Å²) in [6.45, 7) is 33.5. The topological polar surface area (TPSA) is 36.9 Å². The van der Waals surface area contributed by atoms with Crippen molar-refractivity contribution in [2.75, 3.05) is 0 Å². The standard InChI is InChI=1S/C34H58O4Si2/c1-23(2)34-21-28(36-39(11,12)31(4,5)6)33(10,38-34)26-20-27(35-22-25-18-16-15-17-19-25)24(3)29(26)30(34)37-40(13,14)32(7,8)9/h15-19,23,26-28,30H,20-22H2,1-14H3/t26-,27+,28-,30-,33+,34-/m1/s1. The minimum absolute atomic E-state index is 0.0319. The molecule has 1 aliphatic carbocycles. The van der Waals surface area contributed by atoms with E-state index in [1.807, 2.05) is 0 Å². The zero-order chi connectivity index (χ0) is 30.1. The van der Waals surface area contributed by atoms with Crippen LogP contribution in [0.2, 0.25) is 36.3 Å². The van der Waals surface area contributed by atoms with Crippen LogP contribution >= 0.6 is 0 Å². The third-order valence-corrected chi connectivity index (χ3v) is 20.4. The molecule has 6 heteroatoms. The molecule has 2 aliphatic heterocycles. The second kappa shape index (κ2) is 10.4. The van der Waals surface area contributed by atoms with Crippen LogP contribution in [0.5, 0.6) is 0 Å². The van der Waals surface area contributed by atoms with E-state index in [1.165, 1.54) is 16.7 Å². The van der Waals surface area contributed by atoms with E-state index >= 15 is 0 Å². The van der Waals surface area contributed by atoms with Gasteiger partial charge in [-0.1, -0.05) is 85.7 Å². The van der Waals surface area contributed by atoms with Gasteiger partial charge in [0, 0.05) is 12.3 Å². The van der Waals surface area contributed by atoms with Crippen molar-refractivity contribution in [1.82, 2.24) is 0 Å². The molecular weight excluding hydrogens is 529 g/mol. The number of benzene rings is 1. The number of rotatable bonds is 8. The molecule has 1 aromatic carbocycles. The predicted octanol–water partition coefficient (Wildman–Crippen LogP) is 9.28. The molecule has 2 bridgehead atoms. The van der Waals surface area contributed by atoms with Crippen LogP contribution in [0.4, 0.5) is 0 Å². The molecule has 226 valence electrons. The average Bonchev–Trinajstić information content (AvgIpc) is 3.29. The molecule has 4 nitrogen and oxygen atoms in total. The Balaban J connectivity index is 1.81. The van der Waals surface area contributed by atoms with E-state index in [2.05, 4.69) is 126 Å². The second-order valence-corrected chi connectivity index (χ2v) is 25.9. The molecule has 6 atom stereocenters. The van der Waals surface area contributed by atoms with E-state index in [0.717, 1.165) is 12.8 Å². The Labute approximate surface area is 247 Å². The molecule has 4 rings (SSSR count). The maximum atomic E-state index is 7.48. The van der Waals surface area contributed by atoms with Crippen LogP contribution in [-0.2, 0) is 24.9 Å². The zero-order valence-corrected chi connectivity index (χ0v) is 30.0. The summed E-state index contributed by atoms with van der Waals surface area (Å²) in [6.07, 6.45) is 1.82. The van der Waals surface area contributed by atoms with Gasteiger partial charge < -0.3 is 18.3 Å². The van der Waals surface area contributed by atoms with Gasteiger partial charge in [0.1, 0.15) is 5.60 Å². The summed E-state index contributed by atoms with van der Waals surface area (Å²) in [5.74, 6) is 0.507. The van der Waals surface area contributed by atoms with Gasteiger partial charge in [0.15, 0.2) is 16.6 Å². The van der Waals surface area contributed by atoms with E-state index in [1.54, 1.807) is 0 Å². The summed E-state index contributed by atoms with van der Waals surface area (Å²) in [5, 5.41) is 0.237. The smallest absolute Gasteiger partial charge is 0.193 e. The van der Waals surface area contributed by atoms with Crippen molar-refractivity contribution in [3.05, 3.63) is 47.0 Å². The predicted molar refractivity (Wildman–Crippen MR) is 172 cm³/mol. The summed E-state index contributed by atoms with van der Waals surface area (Å²) in [6, 6.07) is 10.5. The van der Waals surface area contributed by atoms with Gasteiger partial charge in [0.05, 0.1) is 30.5 Å². The lowest BCUT2D eigenvalue weighted by molar-refractivity contribution is -0.208. The van der Waals surface area contributed by atoms with Gasteiger partial charge >= 0.3 is 0 Å². The molecule has 0 N–H and O–H groups in total. The molecule has 0 radical (unpaired) electrons. The highest BCUT2D eigenvalue weighted by Gasteiger charge is 2.70. The van der Waals surface area contributed by atoms with E-state index in [0.29, 0.717) is 12.5 Å². The molecule has 0 saturated carbocycles. The molecule has 40 heavy (non-hydrogen) atoms. The largest absolute Gasteiger partial charge is 0.411 e. The van der Waals surface area contributed by atoms with Crippen molar-refractivity contribution >= 4 is 16.6 Å². The normalized spacial score (nSPS) is 33.2. The molecule has 2 saturated heterocycles. The molecule has 1 aromatic rings. The highest BCUT2D eigenvalue weighted by molar-refractivity contribution is 6.74. The monoisotopic (exact) mass is 586 g/mol. The van der Waals surface area contributed by atoms with Crippen LogP contribution in [-0.4, -0.2) is 46.1 Å². The maximum Gasteiger partial charge on any atom is 0.193 e. The van der Waals surface area contributed by atoms with Gasteiger partial charge in [-0.2, -0.15) is 0 Å². The summed E-state index contributed by atoms with van der Waals surface area (Å²) in [4.78, 5) is 0. The summed E-state index contributed by atoms with van der Waals surface area (Å²) < 4.78 is 28.9. The first-order valence-corrected chi connectivity index (χ1v) is 21.4. The van der Waals surface area contributed by atoms with Gasteiger partial charge in [-0.3, -0.25) is 0 Å². The molecule has 2 fully saturated rings. The Morgan fingerprint density at radius 2 is 1.48 bits per heavy atom. The molecule has 3 aliphatic rings. The molecule has 0 spiro atoms. The maximum absolute atomic E-state index is 7.48. The Morgan fingerprint density at radius 3 is 2.00 bits per heavy atom. The van der Waals surface area contributed by atoms with Gasteiger partial charge in [0.2, 0.25) is 0 Å². The third-order valence-electron chi connectivity index (χ3n) is 11.5. The van der Waals surface area contributed by atoms with Crippen LogP contribution in [0.1, 0.15) is 87.6 Å². The number of fused-ring (bicyclic) bond motifs is 4. The molecule has 0 unspecified atom stereocenters. The first-order valence-electron chi connectivity index (χ1n) is 15.6. The van der Waals surface area contributed by atoms with Crippen molar-refractivity contribution in [2.24, 2.45) is 11.8 Å². The lowest BCUT2D eigenvalue weighted by Crippen LogP contribution is -2.61. The summed E-state index contributed by atoms with van der Waals surface area (Å²) >= 11 is 0. The Hall–Kier alpha value is -0.766. The van der Waals surface area contributed by atoms with Crippen molar-refractivity contribution in [3.63, 3.8) is 0 Å². The minimum atomic E-state index is -2.12. The zero-order valence-electron chi connectivity index (χ0n) is 28.0. The fourth-order valence-corrected chi connectivity index (χ4v) is 9.24. The van der Waals surface area contributed by atoms with Crippen LogP contribution in [0.25, 0.3) is 0 Å². The van der Waals surface area contributed by atoms with Gasteiger partial charge in [-0.25, -0.2) is 0 Å². The second-order valence-electron chi connectivity index (χ2n) is 16.4. The SMILES string of the molecule is CC1=C2[C@@H](C[C@@H]1OCc1ccccc1)[C@]1(C)O[C@@](C(C)C)(C[C@H]1O[Si](C)(C)C(C)(C)C)[C@@H]2O[Si](C)(C)C(C)(C)C. The fraction of sp³-hybridized carbons (Fsp3) is 0.765. The lowest BCUT2D eigenvalue weighted by Gasteiger charge is -2.54. The van der Waals surface area contributed by atoms with Crippen LogP contribution < -0.4 is 0 Å². The molecule has 0 amide bonds. The average molecular weight is 587 g/mol. The molecule has 2 heterocycles. The van der Waals surface area contributed by atoms with Gasteiger partial charge in [-0.05, 0) is 79.2 Å². The highest BCUT2D eigenvalue weighted by atomic mass is 28.4. The van der Waals surface area contributed by atoms with E-state index in [4.69, 9.17) is 18.3 Å². The molecular formula is C34H58O4Si2. The van der Waals surface area contributed by atoms with Crippen molar-refractivity contribution in [1.29, 1.82) is 0 Å². The van der Waals surface area contributed by atoms with Gasteiger partial charge in [-0.15, -0.1) is 0 Å². The van der Waals surface area contributed by atoms with Crippen molar-refractivity contribution < 1.29 is 18.3 Å².